The molecule has 1 atom stereocenters. The van der Waals surface area contributed by atoms with Crippen LogP contribution in [0.2, 0.25) is 0 Å². The van der Waals surface area contributed by atoms with Gasteiger partial charge < -0.3 is 15.2 Å². The second-order valence-corrected chi connectivity index (χ2v) is 8.97. The number of aliphatic hydroxyl groups is 1. The van der Waals surface area contributed by atoms with E-state index in [4.69, 9.17) is 9.88 Å². The molecule has 4 N–H and O–H groups in total. The number of sulfonamides is 1. The summed E-state index contributed by atoms with van der Waals surface area (Å²) in [5.41, 5.74) is 0.623. The van der Waals surface area contributed by atoms with Crippen LogP contribution in [0.25, 0.3) is 0 Å². The largest absolute Gasteiger partial charge is 0.465 e. The van der Waals surface area contributed by atoms with Crippen molar-refractivity contribution in [3.05, 3.63) is 17.0 Å². The third-order valence-electron chi connectivity index (χ3n) is 4.69. The lowest BCUT2D eigenvalue weighted by molar-refractivity contribution is -0.142. The molecule has 0 bridgehead atoms. The number of carbonyl (C=O) groups is 1. The van der Waals surface area contributed by atoms with Gasteiger partial charge in [0.15, 0.2) is 0 Å². The van der Waals surface area contributed by atoms with Crippen molar-refractivity contribution < 1.29 is 23.1 Å². The fourth-order valence-electron chi connectivity index (χ4n) is 3.48. The number of hydrogen-bond acceptors (Lipinski definition) is 7. The summed E-state index contributed by atoms with van der Waals surface area (Å²) in [4.78, 5) is 11.4. The molecule has 0 saturated heterocycles. The van der Waals surface area contributed by atoms with Crippen LogP contribution < -0.4 is 10.5 Å². The first-order valence-electron chi connectivity index (χ1n) is 8.46. The van der Waals surface area contributed by atoms with Crippen molar-refractivity contribution in [2.45, 2.75) is 48.8 Å². The lowest BCUT2D eigenvalue weighted by Crippen LogP contribution is -2.38. The van der Waals surface area contributed by atoms with Crippen molar-refractivity contribution in [3.8, 4) is 0 Å². The van der Waals surface area contributed by atoms with Gasteiger partial charge in [0.1, 0.15) is 4.21 Å². The Bertz CT molecular complexity index is 666. The standard InChI is InChI=1S/C16H26N2O5S2/c1-2-23-15(20)9-18-12-5-3-11(4-6-12)14(10-19)13-7-8-24-16(13)25(17,21)22/h7-8,11-12,14,18-19H,2-6,9-10H2,1H3,(H2,17,21,22)/t11?,12?,14-/m0/s1. The van der Waals surface area contributed by atoms with Crippen LogP contribution in [-0.2, 0) is 19.6 Å². The summed E-state index contributed by atoms with van der Waals surface area (Å²) in [5.74, 6) is -0.291. The van der Waals surface area contributed by atoms with E-state index in [-0.39, 0.29) is 41.2 Å². The molecule has 1 aromatic rings. The number of thiophene rings is 1. The van der Waals surface area contributed by atoms with Gasteiger partial charge in [0.05, 0.1) is 19.8 Å². The monoisotopic (exact) mass is 390 g/mol. The fraction of sp³-hybridized carbons (Fsp3) is 0.688. The Morgan fingerprint density at radius 2 is 2.12 bits per heavy atom. The summed E-state index contributed by atoms with van der Waals surface area (Å²) >= 11 is 1.09. The maximum Gasteiger partial charge on any atom is 0.319 e. The van der Waals surface area contributed by atoms with Crippen molar-refractivity contribution in [2.24, 2.45) is 11.1 Å². The van der Waals surface area contributed by atoms with Crippen LogP contribution in [0.5, 0.6) is 0 Å². The van der Waals surface area contributed by atoms with Gasteiger partial charge in [-0.15, -0.1) is 11.3 Å². The van der Waals surface area contributed by atoms with Crippen molar-refractivity contribution >= 4 is 27.3 Å². The maximum atomic E-state index is 11.7. The van der Waals surface area contributed by atoms with E-state index >= 15 is 0 Å². The van der Waals surface area contributed by atoms with E-state index in [1.807, 2.05) is 0 Å². The SMILES string of the molecule is CCOC(=O)CNC1CCC([C@H](CO)c2ccsc2S(N)(=O)=O)CC1. The fourth-order valence-corrected chi connectivity index (χ4v) is 5.42. The third kappa shape index (κ3) is 5.49. The molecule has 0 radical (unpaired) electrons. The van der Waals surface area contributed by atoms with Gasteiger partial charge in [0, 0.05) is 12.0 Å². The van der Waals surface area contributed by atoms with Gasteiger partial charge in [-0.05, 0) is 55.5 Å². The number of hydrogen-bond donors (Lipinski definition) is 3. The molecule has 1 aromatic heterocycles. The van der Waals surface area contributed by atoms with E-state index in [0.29, 0.717) is 12.2 Å². The van der Waals surface area contributed by atoms with Gasteiger partial charge in [-0.3, -0.25) is 4.79 Å². The van der Waals surface area contributed by atoms with E-state index in [1.54, 1.807) is 18.4 Å². The Hall–Kier alpha value is -1.00. The highest BCUT2D eigenvalue weighted by Crippen LogP contribution is 2.39. The average molecular weight is 391 g/mol. The number of rotatable bonds is 8. The molecule has 0 unspecified atom stereocenters. The van der Waals surface area contributed by atoms with Gasteiger partial charge in [0.2, 0.25) is 10.0 Å². The van der Waals surface area contributed by atoms with Crippen LogP contribution in [0, 0.1) is 5.92 Å². The minimum Gasteiger partial charge on any atom is -0.465 e. The number of ether oxygens (including phenoxy) is 1. The first-order chi connectivity index (χ1) is 11.9. The summed E-state index contributed by atoms with van der Waals surface area (Å²) in [6.45, 7) is 2.24. The second kappa shape index (κ2) is 9.09. The summed E-state index contributed by atoms with van der Waals surface area (Å²) in [5, 5.41) is 20.0. The van der Waals surface area contributed by atoms with Gasteiger partial charge in [-0.2, -0.15) is 0 Å². The van der Waals surface area contributed by atoms with Crippen molar-refractivity contribution in [2.75, 3.05) is 19.8 Å². The predicted molar refractivity (Wildman–Crippen MR) is 95.9 cm³/mol. The molecule has 0 spiro atoms. The van der Waals surface area contributed by atoms with Gasteiger partial charge in [-0.1, -0.05) is 0 Å². The number of carbonyl (C=O) groups excluding carboxylic acids is 1. The van der Waals surface area contributed by atoms with E-state index in [2.05, 4.69) is 5.32 Å². The normalized spacial score (nSPS) is 22.5. The van der Waals surface area contributed by atoms with Crippen LogP contribution >= 0.6 is 11.3 Å². The summed E-state index contributed by atoms with van der Waals surface area (Å²) < 4.78 is 28.5. The lowest BCUT2D eigenvalue weighted by atomic mass is 9.76. The molecular weight excluding hydrogens is 364 g/mol. The molecule has 0 aromatic carbocycles. The predicted octanol–water partition coefficient (Wildman–Crippen LogP) is 1.18. The average Bonchev–Trinajstić information content (AvgIpc) is 3.05. The van der Waals surface area contributed by atoms with Crippen LogP contribution in [0.3, 0.4) is 0 Å². The molecule has 1 fully saturated rings. The molecule has 1 saturated carbocycles. The minimum absolute atomic E-state index is 0.106. The van der Waals surface area contributed by atoms with Gasteiger partial charge >= 0.3 is 5.97 Å². The molecular formula is C16H26N2O5S2. The maximum absolute atomic E-state index is 11.7. The Morgan fingerprint density at radius 3 is 2.68 bits per heavy atom. The Labute approximate surface area is 152 Å². The van der Waals surface area contributed by atoms with Crippen molar-refractivity contribution in [1.82, 2.24) is 5.32 Å². The zero-order chi connectivity index (χ0) is 18.4. The number of esters is 1. The van der Waals surface area contributed by atoms with Crippen LogP contribution in [0.15, 0.2) is 15.7 Å². The lowest BCUT2D eigenvalue weighted by Gasteiger charge is -2.33. The number of primary sulfonamides is 1. The first kappa shape index (κ1) is 20.3. The number of nitrogens with two attached hydrogens (primary N) is 1. The Balaban J connectivity index is 1.95. The summed E-state index contributed by atoms with van der Waals surface area (Å²) in [6, 6.07) is 1.98. The Kier molecular flexibility index (Phi) is 7.38. The van der Waals surface area contributed by atoms with E-state index in [9.17, 15) is 18.3 Å². The van der Waals surface area contributed by atoms with Crippen molar-refractivity contribution in [1.29, 1.82) is 0 Å². The van der Waals surface area contributed by atoms with Crippen LogP contribution in [0.4, 0.5) is 0 Å². The van der Waals surface area contributed by atoms with E-state index < -0.39 is 10.0 Å². The van der Waals surface area contributed by atoms with Gasteiger partial charge in [-0.25, -0.2) is 13.6 Å². The molecule has 7 nitrogen and oxygen atoms in total. The second-order valence-electron chi connectivity index (χ2n) is 6.30. The molecule has 1 aliphatic carbocycles. The molecule has 0 amide bonds. The van der Waals surface area contributed by atoms with E-state index in [1.165, 1.54) is 0 Å². The summed E-state index contributed by atoms with van der Waals surface area (Å²) in [6.07, 6.45) is 3.45. The van der Waals surface area contributed by atoms with Gasteiger partial charge in [0.25, 0.3) is 0 Å². The molecule has 2 rings (SSSR count). The highest BCUT2D eigenvalue weighted by Gasteiger charge is 2.32. The smallest absolute Gasteiger partial charge is 0.319 e. The molecule has 142 valence electrons. The van der Waals surface area contributed by atoms with Crippen LogP contribution in [0.1, 0.15) is 44.1 Å². The topological polar surface area (TPSA) is 119 Å². The minimum atomic E-state index is -3.77. The molecule has 25 heavy (non-hydrogen) atoms. The molecule has 1 heterocycles. The number of nitrogens with one attached hydrogen (secondary N) is 1. The first-order valence-corrected chi connectivity index (χ1v) is 10.9. The Morgan fingerprint density at radius 1 is 1.44 bits per heavy atom. The van der Waals surface area contributed by atoms with Crippen molar-refractivity contribution in [3.63, 3.8) is 0 Å². The molecule has 0 aliphatic heterocycles. The molecule has 9 heteroatoms. The van der Waals surface area contributed by atoms with E-state index in [0.717, 1.165) is 37.0 Å². The summed E-state index contributed by atoms with van der Waals surface area (Å²) in [7, 11) is -3.77. The molecule has 1 aliphatic rings. The zero-order valence-electron chi connectivity index (χ0n) is 14.3. The zero-order valence-corrected chi connectivity index (χ0v) is 15.9. The number of aliphatic hydroxyl groups excluding tert-OH is 1. The quantitative estimate of drug-likeness (QED) is 0.574. The van der Waals surface area contributed by atoms with Crippen LogP contribution in [-0.4, -0.2) is 45.3 Å². The third-order valence-corrected chi connectivity index (χ3v) is 7.15. The highest BCUT2D eigenvalue weighted by atomic mass is 32.2. The highest BCUT2D eigenvalue weighted by molar-refractivity contribution is 7.91.